The third-order valence-corrected chi connectivity index (χ3v) is 2.88. The molecule has 1 aromatic rings. The van der Waals surface area contributed by atoms with Crippen LogP contribution in [0.3, 0.4) is 0 Å². The predicted molar refractivity (Wildman–Crippen MR) is 66.3 cm³/mol. The van der Waals surface area contributed by atoms with Crippen LogP contribution in [0.15, 0.2) is 24.3 Å². The van der Waals surface area contributed by atoms with E-state index >= 15 is 0 Å². The van der Waals surface area contributed by atoms with E-state index in [1.165, 1.54) is 7.05 Å². The highest BCUT2D eigenvalue weighted by Crippen LogP contribution is 2.29. The number of hydrogen-bond donors (Lipinski definition) is 1. The number of alkyl halides is 3. The summed E-state index contributed by atoms with van der Waals surface area (Å²) in [5.41, 5.74) is 3.97. The number of carbonyl (C=O) groups is 1. The molecule has 0 saturated heterocycles. The summed E-state index contributed by atoms with van der Waals surface area (Å²) >= 11 is 0. The van der Waals surface area contributed by atoms with Gasteiger partial charge in [-0.05, 0) is 19.4 Å². The molecule has 6 heteroatoms. The third-order valence-electron chi connectivity index (χ3n) is 2.88. The number of hydrogen-bond acceptors (Lipinski definition) is 2. The molecular formula is C13H17F3N2O. The van der Waals surface area contributed by atoms with E-state index in [1.54, 1.807) is 12.1 Å². The number of carbonyl (C=O) groups excluding carboxylic acids is 1. The summed E-state index contributed by atoms with van der Waals surface area (Å²) in [5.74, 6) is -1.15. The number of likely N-dealkylation sites (N-methyl/N-ethyl adjacent to an activating group) is 1. The van der Waals surface area contributed by atoms with E-state index in [9.17, 15) is 18.0 Å². The lowest BCUT2D eigenvalue weighted by molar-refractivity contribution is -0.193. The van der Waals surface area contributed by atoms with Crippen LogP contribution in [0.1, 0.15) is 18.1 Å². The number of aryl methyl sites for hydroxylation is 1. The second-order valence-electron chi connectivity index (χ2n) is 4.85. The molecule has 0 aromatic heterocycles. The van der Waals surface area contributed by atoms with Crippen molar-refractivity contribution < 1.29 is 18.0 Å². The molecule has 1 atom stereocenters. The Morgan fingerprint density at radius 1 is 1.37 bits per heavy atom. The van der Waals surface area contributed by atoms with Crippen molar-refractivity contribution in [2.45, 2.75) is 32.1 Å². The largest absolute Gasteiger partial charge is 0.415 e. The van der Waals surface area contributed by atoms with Gasteiger partial charge in [0.25, 0.3) is 5.91 Å². The van der Waals surface area contributed by atoms with E-state index < -0.39 is 17.6 Å². The molecule has 1 unspecified atom stereocenters. The Morgan fingerprint density at radius 3 is 2.42 bits per heavy atom. The van der Waals surface area contributed by atoms with Gasteiger partial charge in [-0.3, -0.25) is 4.79 Å². The van der Waals surface area contributed by atoms with Crippen molar-refractivity contribution in [1.82, 2.24) is 4.90 Å². The zero-order valence-electron chi connectivity index (χ0n) is 11.1. The first-order chi connectivity index (χ1) is 8.55. The van der Waals surface area contributed by atoms with Crippen LogP contribution in [-0.2, 0) is 11.3 Å². The van der Waals surface area contributed by atoms with Crippen molar-refractivity contribution in [2.24, 2.45) is 5.73 Å². The summed E-state index contributed by atoms with van der Waals surface area (Å²) in [5, 5.41) is 0. The first kappa shape index (κ1) is 15.5. The smallest absolute Gasteiger partial charge is 0.340 e. The summed E-state index contributed by atoms with van der Waals surface area (Å²) in [7, 11) is 1.31. The maximum absolute atomic E-state index is 12.7. The van der Waals surface area contributed by atoms with Gasteiger partial charge >= 0.3 is 6.18 Å². The molecule has 0 aliphatic rings. The van der Waals surface area contributed by atoms with Gasteiger partial charge in [0.1, 0.15) is 0 Å². The molecule has 19 heavy (non-hydrogen) atoms. The molecule has 0 heterocycles. The van der Waals surface area contributed by atoms with Gasteiger partial charge in [0.05, 0.1) is 0 Å². The molecule has 3 nitrogen and oxygen atoms in total. The molecule has 1 rings (SSSR count). The average molecular weight is 274 g/mol. The van der Waals surface area contributed by atoms with Crippen molar-refractivity contribution in [3.63, 3.8) is 0 Å². The van der Waals surface area contributed by atoms with E-state index in [-0.39, 0.29) is 6.54 Å². The summed E-state index contributed by atoms with van der Waals surface area (Å²) in [6, 6.07) is 7.21. The number of nitrogens with zero attached hydrogens (tertiary/aromatic N) is 1. The fourth-order valence-corrected chi connectivity index (χ4v) is 1.67. The number of amides is 1. The van der Waals surface area contributed by atoms with Crippen molar-refractivity contribution >= 4 is 5.91 Å². The molecule has 0 saturated carbocycles. The Balaban J connectivity index is 2.84. The Bertz CT molecular complexity index is 469. The first-order valence-electron chi connectivity index (χ1n) is 5.72. The minimum absolute atomic E-state index is 0.0867. The van der Waals surface area contributed by atoms with Crippen molar-refractivity contribution in [1.29, 1.82) is 0 Å². The standard InChI is InChI=1S/C13H17F3N2O/c1-9-5-4-6-10(7-9)8-18(3)11(19)12(2,17)13(14,15)16/h4-7H,8,17H2,1-3H3. The second kappa shape index (κ2) is 5.21. The SMILES string of the molecule is Cc1cccc(CN(C)C(=O)C(C)(N)C(F)(F)F)c1. The van der Waals surface area contributed by atoms with E-state index in [0.717, 1.165) is 16.0 Å². The van der Waals surface area contributed by atoms with Crippen LogP contribution in [-0.4, -0.2) is 29.6 Å². The van der Waals surface area contributed by atoms with E-state index in [2.05, 4.69) is 0 Å². The molecule has 0 radical (unpaired) electrons. The van der Waals surface area contributed by atoms with E-state index in [1.807, 2.05) is 19.1 Å². The normalized spacial score (nSPS) is 14.9. The van der Waals surface area contributed by atoms with Crippen LogP contribution in [0, 0.1) is 6.92 Å². The van der Waals surface area contributed by atoms with Gasteiger partial charge < -0.3 is 10.6 Å². The number of benzene rings is 1. The minimum Gasteiger partial charge on any atom is -0.340 e. The minimum atomic E-state index is -4.77. The fraction of sp³-hybridized carbons (Fsp3) is 0.462. The van der Waals surface area contributed by atoms with E-state index in [4.69, 9.17) is 5.73 Å². The molecule has 106 valence electrons. The lowest BCUT2D eigenvalue weighted by Crippen LogP contribution is -2.61. The lowest BCUT2D eigenvalue weighted by atomic mass is 10.0. The molecule has 0 aliphatic heterocycles. The van der Waals surface area contributed by atoms with Gasteiger partial charge in [-0.1, -0.05) is 29.8 Å². The monoisotopic (exact) mass is 274 g/mol. The first-order valence-corrected chi connectivity index (χ1v) is 5.72. The average Bonchev–Trinajstić information content (AvgIpc) is 2.26. The van der Waals surface area contributed by atoms with Crippen molar-refractivity contribution in [3.8, 4) is 0 Å². The summed E-state index contributed by atoms with van der Waals surface area (Å²) in [6.07, 6.45) is -4.77. The highest BCUT2D eigenvalue weighted by Gasteiger charge is 2.54. The Morgan fingerprint density at radius 2 is 1.95 bits per heavy atom. The van der Waals surface area contributed by atoms with Crippen molar-refractivity contribution in [2.75, 3.05) is 7.05 Å². The summed E-state index contributed by atoms with van der Waals surface area (Å²) in [4.78, 5) is 12.8. The molecule has 2 N–H and O–H groups in total. The van der Waals surface area contributed by atoms with Crippen molar-refractivity contribution in [3.05, 3.63) is 35.4 Å². The van der Waals surface area contributed by atoms with E-state index in [0.29, 0.717) is 6.92 Å². The molecule has 0 aliphatic carbocycles. The van der Waals surface area contributed by atoms with Gasteiger partial charge in [0.15, 0.2) is 5.54 Å². The van der Waals surface area contributed by atoms with Gasteiger partial charge in [-0.2, -0.15) is 13.2 Å². The Labute approximate surface area is 110 Å². The Hall–Kier alpha value is -1.56. The zero-order valence-corrected chi connectivity index (χ0v) is 11.1. The maximum atomic E-state index is 12.7. The number of halogens is 3. The molecule has 0 spiro atoms. The van der Waals surface area contributed by atoms with Crippen LogP contribution in [0.4, 0.5) is 13.2 Å². The molecule has 0 fully saturated rings. The molecule has 0 bridgehead atoms. The Kier molecular flexibility index (Phi) is 4.25. The van der Waals surface area contributed by atoms with Gasteiger partial charge in [-0.15, -0.1) is 0 Å². The van der Waals surface area contributed by atoms with Crippen LogP contribution in [0.2, 0.25) is 0 Å². The van der Waals surface area contributed by atoms with Crippen LogP contribution >= 0.6 is 0 Å². The van der Waals surface area contributed by atoms with Crippen LogP contribution in [0.5, 0.6) is 0 Å². The fourth-order valence-electron chi connectivity index (χ4n) is 1.67. The molecule has 1 aromatic carbocycles. The molecule has 1 amide bonds. The van der Waals surface area contributed by atoms with Gasteiger partial charge in [-0.25, -0.2) is 0 Å². The number of nitrogens with two attached hydrogens (primary N) is 1. The lowest BCUT2D eigenvalue weighted by Gasteiger charge is -2.31. The van der Waals surface area contributed by atoms with Gasteiger partial charge in [0, 0.05) is 13.6 Å². The predicted octanol–water partition coefficient (Wildman–Crippen LogP) is 2.23. The second-order valence-corrected chi connectivity index (χ2v) is 4.85. The van der Waals surface area contributed by atoms with Gasteiger partial charge in [0.2, 0.25) is 0 Å². The van der Waals surface area contributed by atoms with Crippen LogP contribution < -0.4 is 5.73 Å². The topological polar surface area (TPSA) is 46.3 Å². The summed E-state index contributed by atoms with van der Waals surface area (Å²) in [6.45, 7) is 2.64. The number of rotatable bonds is 3. The zero-order chi connectivity index (χ0) is 14.8. The highest BCUT2D eigenvalue weighted by atomic mass is 19.4. The third kappa shape index (κ3) is 3.47. The maximum Gasteiger partial charge on any atom is 0.415 e. The summed E-state index contributed by atoms with van der Waals surface area (Å²) < 4.78 is 38.0. The quantitative estimate of drug-likeness (QED) is 0.918. The highest BCUT2D eigenvalue weighted by molar-refractivity contribution is 5.86. The van der Waals surface area contributed by atoms with Crippen LogP contribution in [0.25, 0.3) is 0 Å². The molecular weight excluding hydrogens is 257 g/mol.